The summed E-state index contributed by atoms with van der Waals surface area (Å²) < 4.78 is 35.5. The van der Waals surface area contributed by atoms with Gasteiger partial charge in [0, 0.05) is 6.42 Å². The Balaban J connectivity index is 2.54. The van der Waals surface area contributed by atoms with Crippen LogP contribution in [0.2, 0.25) is 0 Å². The smallest absolute Gasteiger partial charge is 0.297 e. The molecule has 1 heterocycles. The van der Waals surface area contributed by atoms with Crippen LogP contribution in [0.5, 0.6) is 0 Å². The minimum Gasteiger partial charge on any atom is -0.297 e. The fourth-order valence-corrected chi connectivity index (χ4v) is 0.725. The number of aldehydes is 1. The van der Waals surface area contributed by atoms with Crippen LogP contribution in [-0.2, 0) is 4.79 Å². The Morgan fingerprint density at radius 2 is 2.27 bits per heavy atom. The molecule has 1 aliphatic heterocycles. The predicted molar refractivity (Wildman–Crippen MR) is 31.1 cm³/mol. The van der Waals surface area contributed by atoms with Gasteiger partial charge < -0.3 is 0 Å². The zero-order valence-electron chi connectivity index (χ0n) is 5.35. The summed E-state index contributed by atoms with van der Waals surface area (Å²) in [5, 5.41) is 3.18. The summed E-state index contributed by atoms with van der Waals surface area (Å²) in [6.45, 7) is 0. The number of carbonyl (C=O) groups excluding carboxylic acids is 1. The van der Waals surface area contributed by atoms with Gasteiger partial charge in [-0.15, -0.1) is 0 Å². The number of carbonyl (C=O) groups is 1. The third-order valence-electron chi connectivity index (χ3n) is 1.31. The number of hydrazone groups is 1. The van der Waals surface area contributed by atoms with E-state index in [2.05, 4.69) is 5.10 Å². The summed E-state index contributed by atoms with van der Waals surface area (Å²) in [4.78, 5) is 9.94. The van der Waals surface area contributed by atoms with Gasteiger partial charge in [0.05, 0.1) is 0 Å². The van der Waals surface area contributed by atoms with Crippen molar-refractivity contribution in [2.45, 2.75) is 18.6 Å². The number of hydrogen-bond donors (Lipinski definition) is 1. The number of rotatable bonds is 1. The molecule has 62 valence electrons. The molecule has 0 saturated carbocycles. The summed E-state index contributed by atoms with van der Waals surface area (Å²) in [6.07, 6.45) is -4.38. The quantitative estimate of drug-likeness (QED) is 0.575. The van der Waals surface area contributed by atoms with E-state index in [1.165, 1.54) is 0 Å². The number of nitrogens with one attached hydrogen (secondary N) is 1. The van der Waals surface area contributed by atoms with E-state index in [9.17, 15) is 18.0 Å². The number of hydrogen-bond acceptors (Lipinski definition) is 3. The lowest BCUT2D eigenvalue weighted by Gasteiger charge is -2.12. The molecule has 1 N–H and O–H groups in total. The van der Waals surface area contributed by atoms with Crippen molar-refractivity contribution < 1.29 is 18.0 Å². The van der Waals surface area contributed by atoms with E-state index in [-0.39, 0.29) is 12.1 Å². The molecule has 0 aromatic rings. The van der Waals surface area contributed by atoms with Crippen molar-refractivity contribution in [3.8, 4) is 0 Å². The van der Waals surface area contributed by atoms with Gasteiger partial charge in [0.25, 0.3) is 0 Å². The fourth-order valence-electron chi connectivity index (χ4n) is 0.725. The summed E-state index contributed by atoms with van der Waals surface area (Å²) in [7, 11) is 0. The maximum absolute atomic E-state index is 11.8. The molecule has 0 spiro atoms. The van der Waals surface area contributed by atoms with Crippen molar-refractivity contribution in [2.24, 2.45) is 5.10 Å². The Labute approximate surface area is 60.3 Å². The Morgan fingerprint density at radius 1 is 1.64 bits per heavy atom. The first-order valence-electron chi connectivity index (χ1n) is 2.88. The maximum atomic E-state index is 11.8. The monoisotopic (exact) mass is 166 g/mol. The van der Waals surface area contributed by atoms with Gasteiger partial charge in [-0.2, -0.15) is 18.3 Å². The first kappa shape index (κ1) is 8.03. The largest absolute Gasteiger partial charge is 0.410 e. The molecule has 0 aliphatic carbocycles. The van der Waals surface area contributed by atoms with Crippen molar-refractivity contribution in [3.05, 3.63) is 0 Å². The first-order valence-corrected chi connectivity index (χ1v) is 2.88. The lowest BCUT2D eigenvalue weighted by Crippen LogP contribution is -2.36. The van der Waals surface area contributed by atoms with Crippen LogP contribution < -0.4 is 5.43 Å². The highest BCUT2D eigenvalue weighted by Gasteiger charge is 2.42. The first-order chi connectivity index (χ1) is 5.04. The molecule has 0 aromatic carbocycles. The molecule has 6 heteroatoms. The summed E-state index contributed by atoms with van der Waals surface area (Å²) in [5.74, 6) is 0. The number of halogens is 3. The Hall–Kier alpha value is -1.07. The van der Waals surface area contributed by atoms with Crippen LogP contribution in [0.3, 0.4) is 0 Å². The molecule has 1 atom stereocenters. The molecule has 0 radical (unpaired) electrons. The van der Waals surface area contributed by atoms with Gasteiger partial charge in [-0.05, 0) is 0 Å². The predicted octanol–water partition coefficient (Wildman–Crippen LogP) is 0.465. The number of nitrogens with zero attached hydrogens (tertiary/aromatic N) is 1. The molecule has 0 bridgehead atoms. The highest BCUT2D eigenvalue weighted by Crippen LogP contribution is 2.24. The van der Waals surface area contributed by atoms with Crippen LogP contribution in [0.15, 0.2) is 5.10 Å². The minimum absolute atomic E-state index is 0.0904. The van der Waals surface area contributed by atoms with Crippen molar-refractivity contribution >= 4 is 12.0 Å². The van der Waals surface area contributed by atoms with Crippen molar-refractivity contribution in [2.75, 3.05) is 0 Å². The van der Waals surface area contributed by atoms with Gasteiger partial charge in [0.15, 0.2) is 6.29 Å². The Morgan fingerprint density at radius 3 is 2.55 bits per heavy atom. The van der Waals surface area contributed by atoms with Crippen LogP contribution in [0.1, 0.15) is 6.42 Å². The summed E-state index contributed by atoms with van der Waals surface area (Å²) >= 11 is 0. The van der Waals surface area contributed by atoms with Gasteiger partial charge in [0.2, 0.25) is 0 Å². The van der Waals surface area contributed by atoms with E-state index in [0.717, 1.165) is 0 Å². The molecule has 0 fully saturated rings. The summed E-state index contributed by atoms with van der Waals surface area (Å²) in [6, 6.07) is -1.69. The zero-order valence-corrected chi connectivity index (χ0v) is 5.35. The molecule has 3 nitrogen and oxygen atoms in total. The van der Waals surface area contributed by atoms with E-state index in [1.54, 1.807) is 0 Å². The van der Waals surface area contributed by atoms with E-state index < -0.39 is 12.2 Å². The average Bonchev–Trinajstić information content (AvgIpc) is 2.32. The zero-order chi connectivity index (χ0) is 8.48. The Bertz CT molecular complexity index is 198. The van der Waals surface area contributed by atoms with E-state index in [4.69, 9.17) is 0 Å². The normalized spacial score (nSPS) is 24.3. The van der Waals surface area contributed by atoms with E-state index >= 15 is 0 Å². The van der Waals surface area contributed by atoms with Gasteiger partial charge in [-0.3, -0.25) is 10.2 Å². The van der Waals surface area contributed by atoms with Gasteiger partial charge in [0.1, 0.15) is 11.8 Å². The van der Waals surface area contributed by atoms with Crippen LogP contribution in [0.25, 0.3) is 0 Å². The highest BCUT2D eigenvalue weighted by atomic mass is 19.4. The molecule has 1 aliphatic rings. The lowest BCUT2D eigenvalue weighted by molar-refractivity contribution is -0.151. The molecular weight excluding hydrogens is 161 g/mol. The lowest BCUT2D eigenvalue weighted by atomic mass is 10.2. The van der Waals surface area contributed by atoms with Gasteiger partial charge >= 0.3 is 6.18 Å². The third kappa shape index (κ3) is 1.69. The third-order valence-corrected chi connectivity index (χ3v) is 1.31. The van der Waals surface area contributed by atoms with Gasteiger partial charge in [-0.1, -0.05) is 0 Å². The summed E-state index contributed by atoms with van der Waals surface area (Å²) in [5.41, 5.74) is 1.74. The van der Waals surface area contributed by atoms with Crippen LogP contribution >= 0.6 is 0 Å². The fraction of sp³-hybridized carbons (Fsp3) is 0.600. The SMILES string of the molecule is O=CC1=NNC(C(F)(F)F)C1. The molecule has 0 saturated heterocycles. The molecule has 1 unspecified atom stereocenters. The molecule has 1 rings (SSSR count). The van der Waals surface area contributed by atoms with Crippen LogP contribution in [0, 0.1) is 0 Å². The van der Waals surface area contributed by atoms with E-state index in [1.807, 2.05) is 5.43 Å². The van der Waals surface area contributed by atoms with E-state index in [0.29, 0.717) is 6.29 Å². The highest BCUT2D eigenvalue weighted by molar-refractivity contribution is 6.28. The Kier molecular flexibility index (Phi) is 1.84. The second-order valence-electron chi connectivity index (χ2n) is 2.15. The van der Waals surface area contributed by atoms with Crippen molar-refractivity contribution in [1.29, 1.82) is 0 Å². The second kappa shape index (κ2) is 2.52. The topological polar surface area (TPSA) is 41.5 Å². The van der Waals surface area contributed by atoms with Crippen LogP contribution in [-0.4, -0.2) is 24.2 Å². The molecule has 0 aromatic heterocycles. The van der Waals surface area contributed by atoms with Crippen molar-refractivity contribution in [3.63, 3.8) is 0 Å². The molecule has 0 amide bonds. The molecular formula is C5H5F3N2O. The van der Waals surface area contributed by atoms with Crippen LogP contribution in [0.4, 0.5) is 13.2 Å². The van der Waals surface area contributed by atoms with Gasteiger partial charge in [-0.25, -0.2) is 0 Å². The van der Waals surface area contributed by atoms with Crippen molar-refractivity contribution in [1.82, 2.24) is 5.43 Å². The average molecular weight is 166 g/mol. The standard InChI is InChI=1S/C5H5F3N2O/c6-5(7,8)4-1-3(2-11)9-10-4/h2,4,10H,1H2. The molecule has 11 heavy (non-hydrogen) atoms. The maximum Gasteiger partial charge on any atom is 0.410 e. The minimum atomic E-state index is -4.33. The number of alkyl halides is 3. The second-order valence-corrected chi connectivity index (χ2v) is 2.15.